The summed E-state index contributed by atoms with van der Waals surface area (Å²) in [6, 6.07) is 12.1. The normalized spacial score (nSPS) is 12.1. The van der Waals surface area contributed by atoms with Crippen molar-refractivity contribution in [1.29, 1.82) is 0 Å². The molecule has 1 amide bonds. The van der Waals surface area contributed by atoms with Crippen molar-refractivity contribution in [2.75, 3.05) is 11.9 Å². The molecule has 3 N–H and O–H groups in total. The lowest BCUT2D eigenvalue weighted by Gasteiger charge is -2.27. The topological polar surface area (TPSA) is 62.4 Å². The van der Waals surface area contributed by atoms with Gasteiger partial charge in [0.05, 0.1) is 5.02 Å². The SMILES string of the molecule is Cc1ccc(NC(=S)NC(NC(=O)COc2ccc(Cl)cc2Cl)C(Cl)(Cl)Cl)cc1. The smallest absolute Gasteiger partial charge is 0.259 e. The van der Waals surface area contributed by atoms with Crippen molar-refractivity contribution in [2.24, 2.45) is 0 Å². The van der Waals surface area contributed by atoms with Crippen molar-refractivity contribution in [1.82, 2.24) is 10.6 Å². The maximum Gasteiger partial charge on any atom is 0.259 e. The van der Waals surface area contributed by atoms with Gasteiger partial charge >= 0.3 is 0 Å². The first-order valence-corrected chi connectivity index (χ1v) is 10.4. The molecule has 1 atom stereocenters. The predicted octanol–water partition coefficient (Wildman–Crippen LogP) is 5.48. The molecule has 0 aliphatic carbocycles. The molecule has 2 aromatic carbocycles. The van der Waals surface area contributed by atoms with Gasteiger partial charge in [0.25, 0.3) is 5.91 Å². The van der Waals surface area contributed by atoms with Crippen LogP contribution in [0.4, 0.5) is 5.69 Å². The van der Waals surface area contributed by atoms with Crippen LogP contribution in [-0.2, 0) is 4.79 Å². The summed E-state index contributed by atoms with van der Waals surface area (Å²) in [5.41, 5.74) is 1.84. The van der Waals surface area contributed by atoms with Crippen molar-refractivity contribution >= 4 is 86.9 Å². The standard InChI is InChI=1S/C18H16Cl5N3O2S/c1-10-2-5-12(6-3-10)24-17(29)26-16(18(21,22)23)25-15(27)9-28-14-7-4-11(19)8-13(14)20/h2-8,16H,9H2,1H3,(H,25,27)(H2,24,26,29). The Morgan fingerprint density at radius 3 is 2.34 bits per heavy atom. The summed E-state index contributed by atoms with van der Waals surface area (Å²) < 4.78 is 3.49. The summed E-state index contributed by atoms with van der Waals surface area (Å²) >= 11 is 34.9. The Hall–Kier alpha value is -1.15. The van der Waals surface area contributed by atoms with Crippen LogP contribution in [0.1, 0.15) is 5.56 Å². The summed E-state index contributed by atoms with van der Waals surface area (Å²) in [7, 11) is 0. The van der Waals surface area contributed by atoms with Gasteiger partial charge in [-0.2, -0.15) is 0 Å². The van der Waals surface area contributed by atoms with Crippen molar-refractivity contribution in [3.05, 3.63) is 58.1 Å². The van der Waals surface area contributed by atoms with Gasteiger partial charge in [0.15, 0.2) is 11.7 Å². The Labute approximate surface area is 198 Å². The first-order valence-electron chi connectivity index (χ1n) is 8.12. The number of hydrogen-bond acceptors (Lipinski definition) is 3. The molecule has 0 bridgehead atoms. The highest BCUT2D eigenvalue weighted by Gasteiger charge is 2.34. The van der Waals surface area contributed by atoms with Gasteiger partial charge in [-0.05, 0) is 49.5 Å². The van der Waals surface area contributed by atoms with E-state index in [1.54, 1.807) is 12.1 Å². The fraction of sp³-hybridized carbons (Fsp3) is 0.222. The van der Waals surface area contributed by atoms with Gasteiger partial charge in [-0.1, -0.05) is 75.7 Å². The maximum atomic E-state index is 12.2. The molecule has 0 saturated heterocycles. The third-order valence-corrected chi connectivity index (χ3v) is 4.88. The lowest BCUT2D eigenvalue weighted by molar-refractivity contribution is -0.123. The second kappa shape index (κ2) is 10.8. The Kier molecular flexibility index (Phi) is 8.94. The van der Waals surface area contributed by atoms with E-state index in [4.69, 9.17) is 75.0 Å². The summed E-state index contributed by atoms with van der Waals surface area (Å²) in [4.78, 5) is 12.2. The van der Waals surface area contributed by atoms with Gasteiger partial charge in [0.2, 0.25) is 3.79 Å². The Balaban J connectivity index is 1.94. The lowest BCUT2D eigenvalue weighted by atomic mass is 10.2. The molecule has 29 heavy (non-hydrogen) atoms. The highest BCUT2D eigenvalue weighted by Crippen LogP contribution is 2.30. The van der Waals surface area contributed by atoms with Crippen LogP contribution in [0.15, 0.2) is 42.5 Å². The fourth-order valence-electron chi connectivity index (χ4n) is 2.07. The number of carbonyl (C=O) groups is 1. The number of thiocarbonyl (C=S) groups is 1. The molecular weight excluding hydrogens is 500 g/mol. The molecule has 0 aliphatic heterocycles. The molecule has 156 valence electrons. The van der Waals surface area contributed by atoms with Gasteiger partial charge in [-0.3, -0.25) is 4.79 Å². The van der Waals surface area contributed by atoms with Crippen LogP contribution in [-0.4, -0.2) is 27.6 Å². The van der Waals surface area contributed by atoms with Gasteiger partial charge in [0.1, 0.15) is 11.9 Å². The van der Waals surface area contributed by atoms with E-state index in [0.717, 1.165) is 11.3 Å². The lowest BCUT2D eigenvalue weighted by Crippen LogP contribution is -2.56. The number of alkyl halides is 3. The molecule has 2 aromatic rings. The Morgan fingerprint density at radius 2 is 1.76 bits per heavy atom. The highest BCUT2D eigenvalue weighted by atomic mass is 35.6. The summed E-state index contributed by atoms with van der Waals surface area (Å²) in [5, 5.41) is 9.10. The van der Waals surface area contributed by atoms with Crippen molar-refractivity contribution in [2.45, 2.75) is 16.9 Å². The largest absolute Gasteiger partial charge is 0.482 e. The number of halogens is 5. The van der Waals surface area contributed by atoms with Crippen LogP contribution >= 0.6 is 70.2 Å². The van der Waals surface area contributed by atoms with Crippen LogP contribution in [0, 0.1) is 6.92 Å². The quantitative estimate of drug-likeness (QED) is 0.270. The molecule has 0 heterocycles. The zero-order chi connectivity index (χ0) is 21.6. The molecule has 0 fully saturated rings. The van der Waals surface area contributed by atoms with Crippen LogP contribution in [0.2, 0.25) is 10.0 Å². The number of benzene rings is 2. The van der Waals surface area contributed by atoms with E-state index in [1.807, 2.05) is 31.2 Å². The van der Waals surface area contributed by atoms with E-state index in [2.05, 4.69) is 16.0 Å². The van der Waals surface area contributed by atoms with E-state index in [-0.39, 0.29) is 16.7 Å². The third kappa shape index (κ3) is 8.24. The van der Waals surface area contributed by atoms with E-state index >= 15 is 0 Å². The molecular formula is C18H16Cl5N3O2S. The minimum absolute atomic E-state index is 0.159. The monoisotopic (exact) mass is 513 g/mol. The molecule has 0 radical (unpaired) electrons. The van der Waals surface area contributed by atoms with Crippen LogP contribution in [0.25, 0.3) is 0 Å². The van der Waals surface area contributed by atoms with Crippen LogP contribution < -0.4 is 20.7 Å². The first kappa shape index (κ1) is 24.1. The maximum absolute atomic E-state index is 12.2. The minimum atomic E-state index is -1.88. The minimum Gasteiger partial charge on any atom is -0.482 e. The number of carbonyl (C=O) groups excluding carboxylic acids is 1. The van der Waals surface area contributed by atoms with E-state index in [1.165, 1.54) is 6.07 Å². The first-order chi connectivity index (χ1) is 13.5. The second-order valence-corrected chi connectivity index (χ2v) is 9.49. The van der Waals surface area contributed by atoms with E-state index < -0.39 is 15.9 Å². The zero-order valence-electron chi connectivity index (χ0n) is 14.9. The molecule has 0 aliphatic rings. The number of nitrogens with one attached hydrogen (secondary N) is 3. The molecule has 0 aromatic heterocycles. The average molecular weight is 516 g/mol. The Bertz CT molecular complexity index is 875. The summed E-state index contributed by atoms with van der Waals surface area (Å²) in [5.74, 6) is -0.265. The van der Waals surface area contributed by atoms with Crippen molar-refractivity contribution in [3.63, 3.8) is 0 Å². The Morgan fingerprint density at radius 1 is 1.10 bits per heavy atom. The number of aryl methyl sites for hydroxylation is 1. The van der Waals surface area contributed by atoms with Gasteiger partial charge in [-0.25, -0.2) is 0 Å². The van der Waals surface area contributed by atoms with Crippen LogP contribution in [0.3, 0.4) is 0 Å². The average Bonchev–Trinajstić information content (AvgIpc) is 2.61. The molecule has 0 spiro atoms. The van der Waals surface area contributed by atoms with Crippen LogP contribution in [0.5, 0.6) is 5.75 Å². The van der Waals surface area contributed by atoms with Gasteiger partial charge < -0.3 is 20.7 Å². The molecule has 1 unspecified atom stereocenters. The highest BCUT2D eigenvalue weighted by molar-refractivity contribution is 7.80. The van der Waals surface area contributed by atoms with E-state index in [9.17, 15) is 4.79 Å². The number of amides is 1. The summed E-state index contributed by atoms with van der Waals surface area (Å²) in [6.45, 7) is 1.60. The van der Waals surface area contributed by atoms with E-state index in [0.29, 0.717) is 10.8 Å². The predicted molar refractivity (Wildman–Crippen MR) is 125 cm³/mol. The van der Waals surface area contributed by atoms with Crippen molar-refractivity contribution in [3.8, 4) is 5.75 Å². The van der Waals surface area contributed by atoms with Gasteiger partial charge in [0, 0.05) is 10.7 Å². The van der Waals surface area contributed by atoms with Crippen molar-refractivity contribution < 1.29 is 9.53 Å². The van der Waals surface area contributed by atoms with Gasteiger partial charge in [-0.15, -0.1) is 0 Å². The molecule has 2 rings (SSSR count). The fourth-order valence-corrected chi connectivity index (χ4v) is 3.10. The molecule has 11 heteroatoms. The number of rotatable bonds is 6. The second-order valence-electron chi connectivity index (χ2n) is 5.87. The third-order valence-electron chi connectivity index (χ3n) is 3.47. The zero-order valence-corrected chi connectivity index (χ0v) is 19.5. The number of anilines is 1. The summed E-state index contributed by atoms with van der Waals surface area (Å²) in [6.07, 6.45) is -1.12. The number of hydrogen-bond donors (Lipinski definition) is 3. The molecule has 5 nitrogen and oxygen atoms in total. The number of ether oxygens (including phenoxy) is 1. The molecule has 0 saturated carbocycles.